The van der Waals surface area contributed by atoms with Crippen LogP contribution in [0.1, 0.15) is 25.6 Å². The van der Waals surface area contributed by atoms with Crippen LogP contribution in [0.5, 0.6) is 0 Å². The molecule has 1 aromatic heterocycles. The zero-order valence-electron chi connectivity index (χ0n) is 11.8. The van der Waals surface area contributed by atoms with Crippen molar-refractivity contribution >= 4 is 17.3 Å². The number of aromatic nitrogens is 2. The van der Waals surface area contributed by atoms with Crippen molar-refractivity contribution in [1.29, 1.82) is 0 Å². The standard InChI is InChI=1S/C14H15F3N4/c1-7(2)14-20-11(18-3)6-12(21-14)19-8-4-9(15)13(17)10(16)5-8/h4-7H,1-3H3,(H2,18,19,20,21). The maximum Gasteiger partial charge on any atom is 0.194 e. The summed E-state index contributed by atoms with van der Waals surface area (Å²) in [7, 11) is 1.70. The van der Waals surface area contributed by atoms with Crippen molar-refractivity contribution in [2.45, 2.75) is 19.8 Å². The molecule has 0 aliphatic heterocycles. The van der Waals surface area contributed by atoms with Crippen LogP contribution in [0, 0.1) is 17.5 Å². The van der Waals surface area contributed by atoms with Crippen LogP contribution in [0.25, 0.3) is 0 Å². The highest BCUT2D eigenvalue weighted by atomic mass is 19.2. The Morgan fingerprint density at radius 3 is 2.05 bits per heavy atom. The third-order valence-electron chi connectivity index (χ3n) is 2.77. The summed E-state index contributed by atoms with van der Waals surface area (Å²) in [6.07, 6.45) is 0. The van der Waals surface area contributed by atoms with Crippen molar-refractivity contribution in [2.75, 3.05) is 17.7 Å². The van der Waals surface area contributed by atoms with Crippen LogP contribution in [0.15, 0.2) is 18.2 Å². The molecule has 0 aliphatic rings. The summed E-state index contributed by atoms with van der Waals surface area (Å²) in [6, 6.07) is 3.33. The van der Waals surface area contributed by atoms with E-state index in [0.29, 0.717) is 17.5 Å². The predicted octanol–water partition coefficient (Wildman–Crippen LogP) is 3.80. The van der Waals surface area contributed by atoms with Gasteiger partial charge in [0.05, 0.1) is 0 Å². The molecule has 2 rings (SSSR count). The highest BCUT2D eigenvalue weighted by molar-refractivity contribution is 5.59. The Kier molecular flexibility index (Phi) is 4.30. The summed E-state index contributed by atoms with van der Waals surface area (Å²) >= 11 is 0. The molecular formula is C14H15F3N4. The molecular weight excluding hydrogens is 281 g/mol. The summed E-state index contributed by atoms with van der Waals surface area (Å²) < 4.78 is 39.3. The van der Waals surface area contributed by atoms with Crippen LogP contribution in [-0.4, -0.2) is 17.0 Å². The van der Waals surface area contributed by atoms with Gasteiger partial charge in [0.1, 0.15) is 17.5 Å². The normalized spacial score (nSPS) is 10.8. The predicted molar refractivity (Wildman–Crippen MR) is 75.3 cm³/mol. The first-order valence-electron chi connectivity index (χ1n) is 6.39. The van der Waals surface area contributed by atoms with E-state index < -0.39 is 17.5 Å². The van der Waals surface area contributed by atoms with Crippen molar-refractivity contribution in [3.63, 3.8) is 0 Å². The fourth-order valence-corrected chi connectivity index (χ4v) is 1.69. The number of hydrogen-bond acceptors (Lipinski definition) is 4. The minimum Gasteiger partial charge on any atom is -0.373 e. The van der Waals surface area contributed by atoms with Gasteiger partial charge in [0.15, 0.2) is 17.5 Å². The minimum atomic E-state index is -1.50. The Balaban J connectivity index is 2.37. The molecule has 0 atom stereocenters. The molecule has 0 fully saturated rings. The van der Waals surface area contributed by atoms with E-state index in [4.69, 9.17) is 0 Å². The Bertz CT molecular complexity index is 636. The molecule has 0 spiro atoms. The molecule has 1 heterocycles. The van der Waals surface area contributed by atoms with Crippen LogP contribution in [0.3, 0.4) is 0 Å². The lowest BCUT2D eigenvalue weighted by atomic mass is 10.2. The maximum atomic E-state index is 13.2. The van der Waals surface area contributed by atoms with Crippen LogP contribution in [0.2, 0.25) is 0 Å². The fraction of sp³-hybridized carbons (Fsp3) is 0.286. The SMILES string of the molecule is CNc1cc(Nc2cc(F)c(F)c(F)c2)nc(C(C)C)n1. The summed E-state index contributed by atoms with van der Waals surface area (Å²) in [5.74, 6) is -2.42. The quantitative estimate of drug-likeness (QED) is 0.843. The topological polar surface area (TPSA) is 49.8 Å². The van der Waals surface area contributed by atoms with Gasteiger partial charge in [-0.25, -0.2) is 23.1 Å². The fourth-order valence-electron chi connectivity index (χ4n) is 1.69. The largest absolute Gasteiger partial charge is 0.373 e. The first kappa shape index (κ1) is 15.1. The van der Waals surface area contributed by atoms with E-state index in [1.807, 2.05) is 13.8 Å². The van der Waals surface area contributed by atoms with Crippen LogP contribution >= 0.6 is 0 Å². The van der Waals surface area contributed by atoms with E-state index in [1.165, 1.54) is 0 Å². The summed E-state index contributed by atoms with van der Waals surface area (Å²) in [6.45, 7) is 3.85. The number of nitrogens with one attached hydrogen (secondary N) is 2. The molecule has 0 amide bonds. The Labute approximate surface area is 120 Å². The molecule has 2 aromatic rings. The number of anilines is 3. The van der Waals surface area contributed by atoms with Crippen LogP contribution in [0.4, 0.5) is 30.5 Å². The first-order chi connectivity index (χ1) is 9.90. The second kappa shape index (κ2) is 5.99. The van der Waals surface area contributed by atoms with E-state index >= 15 is 0 Å². The maximum absolute atomic E-state index is 13.2. The lowest BCUT2D eigenvalue weighted by molar-refractivity contribution is 0.448. The molecule has 2 N–H and O–H groups in total. The van der Waals surface area contributed by atoms with Crippen molar-refractivity contribution in [2.24, 2.45) is 0 Å². The molecule has 0 bridgehead atoms. The second-order valence-corrected chi connectivity index (χ2v) is 4.78. The molecule has 7 heteroatoms. The van der Waals surface area contributed by atoms with Crippen molar-refractivity contribution < 1.29 is 13.2 Å². The number of benzene rings is 1. The van der Waals surface area contributed by atoms with Gasteiger partial charge in [0, 0.05) is 36.9 Å². The zero-order valence-corrected chi connectivity index (χ0v) is 11.8. The molecule has 4 nitrogen and oxygen atoms in total. The monoisotopic (exact) mass is 296 g/mol. The van der Waals surface area contributed by atoms with E-state index in [9.17, 15) is 13.2 Å². The van der Waals surface area contributed by atoms with Crippen molar-refractivity contribution in [3.05, 3.63) is 41.5 Å². The molecule has 0 radical (unpaired) electrons. The molecule has 0 saturated heterocycles. The van der Waals surface area contributed by atoms with Gasteiger partial charge in [-0.3, -0.25) is 0 Å². The summed E-state index contributed by atoms with van der Waals surface area (Å²) in [4.78, 5) is 8.53. The van der Waals surface area contributed by atoms with Gasteiger partial charge in [-0.05, 0) is 0 Å². The van der Waals surface area contributed by atoms with Crippen molar-refractivity contribution in [3.8, 4) is 0 Å². The zero-order chi connectivity index (χ0) is 15.6. The van der Waals surface area contributed by atoms with Crippen LogP contribution in [-0.2, 0) is 0 Å². The number of hydrogen-bond donors (Lipinski definition) is 2. The first-order valence-corrected chi connectivity index (χ1v) is 6.39. The van der Waals surface area contributed by atoms with E-state index in [1.54, 1.807) is 13.1 Å². The Morgan fingerprint density at radius 1 is 0.952 bits per heavy atom. The van der Waals surface area contributed by atoms with Gasteiger partial charge in [-0.15, -0.1) is 0 Å². The van der Waals surface area contributed by atoms with Gasteiger partial charge in [-0.1, -0.05) is 13.8 Å². The van der Waals surface area contributed by atoms with E-state index in [2.05, 4.69) is 20.6 Å². The van der Waals surface area contributed by atoms with Gasteiger partial charge in [0.25, 0.3) is 0 Å². The Hall–Kier alpha value is -2.31. The van der Waals surface area contributed by atoms with Crippen LogP contribution < -0.4 is 10.6 Å². The van der Waals surface area contributed by atoms with Crippen molar-refractivity contribution in [1.82, 2.24) is 9.97 Å². The lowest BCUT2D eigenvalue weighted by Gasteiger charge is -2.12. The average molecular weight is 296 g/mol. The minimum absolute atomic E-state index is 0.0712. The molecule has 1 aromatic carbocycles. The Morgan fingerprint density at radius 2 is 1.52 bits per heavy atom. The molecule has 21 heavy (non-hydrogen) atoms. The molecule has 0 unspecified atom stereocenters. The average Bonchev–Trinajstić information content (AvgIpc) is 2.44. The number of rotatable bonds is 4. The summed E-state index contributed by atoms with van der Waals surface area (Å²) in [5.41, 5.74) is 0.0712. The van der Waals surface area contributed by atoms with Gasteiger partial charge in [0.2, 0.25) is 0 Å². The highest BCUT2D eigenvalue weighted by Gasteiger charge is 2.12. The van der Waals surface area contributed by atoms with E-state index in [0.717, 1.165) is 12.1 Å². The van der Waals surface area contributed by atoms with E-state index in [-0.39, 0.29) is 11.6 Å². The summed E-state index contributed by atoms with van der Waals surface area (Å²) in [5, 5.41) is 5.63. The highest BCUT2D eigenvalue weighted by Crippen LogP contribution is 2.23. The number of halogens is 3. The number of nitrogens with zero attached hydrogens (tertiary/aromatic N) is 2. The third-order valence-corrected chi connectivity index (χ3v) is 2.77. The van der Waals surface area contributed by atoms with Gasteiger partial charge in [-0.2, -0.15) is 0 Å². The second-order valence-electron chi connectivity index (χ2n) is 4.78. The molecule has 0 saturated carbocycles. The smallest absolute Gasteiger partial charge is 0.194 e. The van der Waals surface area contributed by atoms with Gasteiger partial charge >= 0.3 is 0 Å². The third kappa shape index (κ3) is 3.42. The lowest BCUT2D eigenvalue weighted by Crippen LogP contribution is -2.05. The molecule has 112 valence electrons. The van der Waals surface area contributed by atoms with Gasteiger partial charge < -0.3 is 10.6 Å². The molecule has 0 aliphatic carbocycles.